The van der Waals surface area contributed by atoms with E-state index < -0.39 is 52.0 Å². The van der Waals surface area contributed by atoms with Crippen molar-refractivity contribution in [2.75, 3.05) is 32.8 Å². The van der Waals surface area contributed by atoms with Crippen molar-refractivity contribution in [1.29, 1.82) is 0 Å². The van der Waals surface area contributed by atoms with Crippen LogP contribution in [-0.4, -0.2) is 114 Å². The van der Waals surface area contributed by atoms with Crippen molar-refractivity contribution in [2.24, 2.45) is 0 Å². The summed E-state index contributed by atoms with van der Waals surface area (Å²) in [6.07, 6.45) is -0.389. The van der Waals surface area contributed by atoms with E-state index in [9.17, 15) is 24.7 Å². The van der Waals surface area contributed by atoms with Gasteiger partial charge in [-0.25, -0.2) is 0 Å². The van der Waals surface area contributed by atoms with E-state index >= 15 is 0 Å². The molecule has 0 aromatic carbocycles. The number of hydrogen-bond acceptors (Lipinski definition) is 11. The molecule has 33 heavy (non-hydrogen) atoms. The zero-order valence-corrected chi connectivity index (χ0v) is 21.0. The summed E-state index contributed by atoms with van der Waals surface area (Å²) in [5.74, 6) is 0. The molecule has 3 aliphatic heterocycles. The fourth-order valence-electron chi connectivity index (χ4n) is 4.11. The summed E-state index contributed by atoms with van der Waals surface area (Å²) in [6.45, 7) is 9.21. The number of hydrogen-bond donors (Lipinski definition) is 3. The van der Waals surface area contributed by atoms with Crippen molar-refractivity contribution >= 4 is 29.6 Å². The Balaban J connectivity index is 1.87. The molecule has 0 radical (unpaired) electrons. The molecule has 3 heterocycles. The molecule has 190 valence electrons. The van der Waals surface area contributed by atoms with Crippen molar-refractivity contribution in [2.45, 2.75) is 79.5 Å². The van der Waals surface area contributed by atoms with E-state index in [0.29, 0.717) is 19.6 Å². The van der Waals surface area contributed by atoms with Crippen LogP contribution in [-0.2, 0) is 30.5 Å². The number of carbonyl (C=O) groups is 1. The minimum Gasteiger partial charge on any atom is -0.595 e. The van der Waals surface area contributed by atoms with E-state index in [-0.39, 0.29) is 18.1 Å². The maximum absolute atomic E-state index is 13.2. The normalized spacial score (nSPS) is 38.5. The van der Waals surface area contributed by atoms with Crippen LogP contribution >= 0.6 is 11.8 Å². The third-order valence-electron chi connectivity index (χ3n) is 5.93. The van der Waals surface area contributed by atoms with Gasteiger partial charge in [0.15, 0.2) is 0 Å². The number of aliphatic hydroxyl groups is 3. The summed E-state index contributed by atoms with van der Waals surface area (Å²) in [5, 5.41) is 32.1. The van der Waals surface area contributed by atoms with Gasteiger partial charge in [-0.3, -0.25) is 9.69 Å². The molecule has 1 unspecified atom stereocenters. The van der Waals surface area contributed by atoms with Crippen LogP contribution in [0.3, 0.4) is 0 Å². The zero-order chi connectivity index (χ0) is 24.2. The van der Waals surface area contributed by atoms with E-state index in [1.807, 2.05) is 12.2 Å². The number of thioether (sulfide) groups is 1. The van der Waals surface area contributed by atoms with E-state index in [2.05, 4.69) is 4.90 Å². The van der Waals surface area contributed by atoms with Crippen LogP contribution in [0.25, 0.3) is 0 Å². The Hall–Kier alpha value is -0.410. The van der Waals surface area contributed by atoms with Crippen molar-refractivity contribution < 1.29 is 39.0 Å². The van der Waals surface area contributed by atoms with Gasteiger partial charge >= 0.3 is 6.47 Å². The second-order valence-corrected chi connectivity index (χ2v) is 13.0. The molecule has 10 nitrogen and oxygen atoms in total. The first-order valence-electron chi connectivity index (χ1n) is 11.3. The highest BCUT2D eigenvalue weighted by Crippen LogP contribution is 2.37. The predicted octanol–water partition coefficient (Wildman–Crippen LogP) is -0.201. The third-order valence-corrected chi connectivity index (χ3v) is 9.04. The molecule has 12 heteroatoms. The van der Waals surface area contributed by atoms with Gasteiger partial charge in [-0.05, 0) is 33.6 Å². The maximum Gasteiger partial charge on any atom is 0.318 e. The van der Waals surface area contributed by atoms with Gasteiger partial charge in [0.2, 0.25) is 0 Å². The van der Waals surface area contributed by atoms with E-state index in [1.54, 1.807) is 20.8 Å². The SMILES string of the molecule is CC(C)(C)[S+]([O-])N(OC=O)[C@@H]1C/C=C\C[C@@H](CN2CCOCC2)S[C@H]2O[C@H]1[C@H](O)[C@H](O)[C@H]2O. The summed E-state index contributed by atoms with van der Waals surface area (Å²) in [5.41, 5.74) is -0.811. The molecule has 0 aromatic heterocycles. The molecule has 0 aromatic rings. The number of rotatable bonds is 6. The Morgan fingerprint density at radius 3 is 2.48 bits per heavy atom. The molecule has 2 fully saturated rings. The van der Waals surface area contributed by atoms with Crippen molar-refractivity contribution in [1.82, 2.24) is 9.37 Å². The lowest BCUT2D eigenvalue weighted by atomic mass is 9.93. The number of morpholine rings is 1. The molecule has 8 atom stereocenters. The Bertz CT molecular complexity index is 661. The zero-order valence-electron chi connectivity index (χ0n) is 19.3. The molecular formula is C21H36N2O8S2. The summed E-state index contributed by atoms with van der Waals surface area (Å²) in [6, 6.07) is -0.831. The Kier molecular flexibility index (Phi) is 9.90. The molecule has 0 amide bonds. The largest absolute Gasteiger partial charge is 0.595 e. The average molecular weight is 509 g/mol. The Morgan fingerprint density at radius 1 is 1.18 bits per heavy atom. The van der Waals surface area contributed by atoms with Gasteiger partial charge in [0.05, 0.1) is 29.0 Å². The number of nitrogens with zero attached hydrogens (tertiary/aromatic N) is 2. The number of ether oxygens (including phenoxy) is 2. The van der Waals surface area contributed by atoms with E-state index in [4.69, 9.17) is 14.3 Å². The van der Waals surface area contributed by atoms with Gasteiger partial charge in [-0.2, -0.15) is 0 Å². The summed E-state index contributed by atoms with van der Waals surface area (Å²) in [4.78, 5) is 18.7. The molecule has 2 saturated heterocycles. The van der Waals surface area contributed by atoms with Crippen molar-refractivity contribution in [3.05, 3.63) is 12.2 Å². The van der Waals surface area contributed by atoms with Gasteiger partial charge in [-0.1, -0.05) is 12.2 Å². The molecule has 0 aliphatic carbocycles. The molecule has 2 bridgehead atoms. The molecular weight excluding hydrogens is 472 g/mol. The van der Waals surface area contributed by atoms with Crippen molar-refractivity contribution in [3.63, 3.8) is 0 Å². The van der Waals surface area contributed by atoms with Gasteiger partial charge in [0.1, 0.15) is 40.6 Å². The lowest BCUT2D eigenvalue weighted by Crippen LogP contribution is -2.64. The monoisotopic (exact) mass is 508 g/mol. The summed E-state index contributed by atoms with van der Waals surface area (Å²) < 4.78 is 25.0. The Morgan fingerprint density at radius 2 is 1.85 bits per heavy atom. The molecule has 3 rings (SSSR count). The van der Waals surface area contributed by atoms with Crippen LogP contribution in [0, 0.1) is 0 Å². The first-order chi connectivity index (χ1) is 15.6. The average Bonchev–Trinajstić information content (AvgIpc) is 2.78. The first kappa shape index (κ1) is 27.2. The number of aliphatic hydroxyl groups excluding tert-OH is 3. The highest BCUT2D eigenvalue weighted by molar-refractivity contribution is 8.00. The highest BCUT2D eigenvalue weighted by atomic mass is 32.2. The number of carbonyl (C=O) groups excluding carboxylic acids is 1. The predicted molar refractivity (Wildman–Crippen MR) is 124 cm³/mol. The second-order valence-electron chi connectivity index (χ2n) is 9.47. The first-order valence-corrected chi connectivity index (χ1v) is 13.3. The second kappa shape index (κ2) is 12.0. The fraction of sp³-hybridized carbons (Fsp3) is 0.857. The quantitative estimate of drug-likeness (QED) is 0.190. The van der Waals surface area contributed by atoms with Crippen LogP contribution in [0.4, 0.5) is 0 Å². The number of allylic oxidation sites excluding steroid dienone is 1. The maximum atomic E-state index is 13.2. The van der Waals surface area contributed by atoms with Crippen LogP contribution in [0.5, 0.6) is 0 Å². The van der Waals surface area contributed by atoms with Crippen LogP contribution in [0.1, 0.15) is 33.6 Å². The topological polar surface area (TPSA) is 135 Å². The van der Waals surface area contributed by atoms with Gasteiger partial charge in [0.25, 0.3) is 0 Å². The van der Waals surface area contributed by atoms with Gasteiger partial charge < -0.3 is 34.2 Å². The molecule has 3 N–H and O–H groups in total. The lowest BCUT2D eigenvalue weighted by molar-refractivity contribution is -0.229. The molecule has 0 spiro atoms. The number of hydroxylamine groups is 1. The van der Waals surface area contributed by atoms with Crippen LogP contribution < -0.4 is 0 Å². The van der Waals surface area contributed by atoms with Crippen LogP contribution in [0.15, 0.2) is 12.2 Å². The highest BCUT2D eigenvalue weighted by Gasteiger charge is 2.52. The third kappa shape index (κ3) is 6.84. The minimum absolute atomic E-state index is 0.0877. The number of fused-ring (bicyclic) bond motifs is 2. The molecule has 0 saturated carbocycles. The van der Waals surface area contributed by atoms with E-state index in [0.717, 1.165) is 24.1 Å². The van der Waals surface area contributed by atoms with Gasteiger partial charge in [0, 0.05) is 24.9 Å². The summed E-state index contributed by atoms with van der Waals surface area (Å²) >= 11 is -0.357. The lowest BCUT2D eigenvalue weighted by Gasteiger charge is -2.46. The van der Waals surface area contributed by atoms with E-state index in [1.165, 1.54) is 11.8 Å². The van der Waals surface area contributed by atoms with Gasteiger partial charge in [-0.15, -0.1) is 11.8 Å². The smallest absolute Gasteiger partial charge is 0.318 e. The van der Waals surface area contributed by atoms with Crippen LogP contribution in [0.2, 0.25) is 0 Å². The minimum atomic E-state index is -1.77. The van der Waals surface area contributed by atoms with Crippen molar-refractivity contribution in [3.8, 4) is 0 Å². The Labute approximate surface area is 202 Å². The molecule has 3 aliphatic rings. The summed E-state index contributed by atoms with van der Waals surface area (Å²) in [7, 11) is 0. The fourth-order valence-corrected chi connectivity index (χ4v) is 6.63. The standard InChI is InChI=1S/C21H36N2O8S2/c1-21(2,3)33(28)23(30-13-24)15-7-5-4-6-14(12-22-8-10-29-11-9-22)32-20-18(27)16(25)17(26)19(15)31-20/h4-5,13-20,25-27H,6-12H2,1-3H3/b5-4-/t14-,15+,16-,17+,18+,19+,20+,33?/m0/s1.